The van der Waals surface area contributed by atoms with Crippen LogP contribution in [0.15, 0.2) is 42.5 Å². The van der Waals surface area contributed by atoms with Crippen LogP contribution in [0.1, 0.15) is 42.5 Å². The SMILES string of the molecule is CCCCc1ccc(C(NC)c2cc(Cl)ccc2I)cc1. The van der Waals surface area contributed by atoms with E-state index in [9.17, 15) is 0 Å². The van der Waals surface area contributed by atoms with Crippen LogP contribution in [0.25, 0.3) is 0 Å². The number of rotatable bonds is 6. The first kappa shape index (κ1) is 16.8. The Morgan fingerprint density at radius 3 is 2.48 bits per heavy atom. The maximum Gasteiger partial charge on any atom is 0.0585 e. The summed E-state index contributed by atoms with van der Waals surface area (Å²) in [6.07, 6.45) is 3.65. The number of halogens is 2. The molecular formula is C18H21ClIN. The molecule has 0 aliphatic rings. The summed E-state index contributed by atoms with van der Waals surface area (Å²) in [5, 5.41) is 4.18. The predicted molar refractivity (Wildman–Crippen MR) is 100 cm³/mol. The van der Waals surface area contributed by atoms with Gasteiger partial charge in [0.1, 0.15) is 0 Å². The third-order valence-electron chi connectivity index (χ3n) is 3.69. The van der Waals surface area contributed by atoms with Gasteiger partial charge in [-0.1, -0.05) is 49.2 Å². The Labute approximate surface area is 146 Å². The van der Waals surface area contributed by atoms with Crippen molar-refractivity contribution < 1.29 is 0 Å². The zero-order valence-corrected chi connectivity index (χ0v) is 15.4. The molecule has 0 radical (unpaired) electrons. The van der Waals surface area contributed by atoms with E-state index in [0.717, 1.165) is 11.4 Å². The summed E-state index contributed by atoms with van der Waals surface area (Å²) in [7, 11) is 1.99. The van der Waals surface area contributed by atoms with E-state index in [-0.39, 0.29) is 6.04 Å². The first-order valence-corrected chi connectivity index (χ1v) is 8.82. The lowest BCUT2D eigenvalue weighted by molar-refractivity contribution is 0.688. The summed E-state index contributed by atoms with van der Waals surface area (Å²) in [6.45, 7) is 2.23. The molecule has 0 spiro atoms. The summed E-state index contributed by atoms with van der Waals surface area (Å²) in [6, 6.07) is 15.2. The monoisotopic (exact) mass is 413 g/mol. The van der Waals surface area contributed by atoms with Gasteiger partial charge in [0.05, 0.1) is 6.04 Å². The van der Waals surface area contributed by atoms with E-state index >= 15 is 0 Å². The molecule has 0 amide bonds. The van der Waals surface area contributed by atoms with Gasteiger partial charge in [0, 0.05) is 8.59 Å². The molecule has 1 unspecified atom stereocenters. The van der Waals surface area contributed by atoms with Crippen molar-refractivity contribution in [1.82, 2.24) is 5.32 Å². The fourth-order valence-corrected chi connectivity index (χ4v) is 3.32. The summed E-state index contributed by atoms with van der Waals surface area (Å²) in [4.78, 5) is 0. The van der Waals surface area contributed by atoms with Crippen LogP contribution in [-0.4, -0.2) is 7.05 Å². The van der Waals surface area contributed by atoms with E-state index in [1.54, 1.807) is 0 Å². The third-order valence-corrected chi connectivity index (χ3v) is 4.91. The molecule has 0 fully saturated rings. The molecule has 0 bridgehead atoms. The van der Waals surface area contributed by atoms with E-state index in [2.05, 4.69) is 71.2 Å². The number of hydrogen-bond acceptors (Lipinski definition) is 1. The zero-order valence-electron chi connectivity index (χ0n) is 12.5. The smallest absolute Gasteiger partial charge is 0.0585 e. The van der Waals surface area contributed by atoms with Crippen LogP contribution in [0.5, 0.6) is 0 Å². The second-order valence-corrected chi connectivity index (χ2v) is 6.83. The summed E-state index contributed by atoms with van der Waals surface area (Å²) in [5.74, 6) is 0. The molecule has 2 aromatic carbocycles. The Morgan fingerprint density at radius 2 is 1.86 bits per heavy atom. The second-order valence-electron chi connectivity index (χ2n) is 5.23. The van der Waals surface area contributed by atoms with Crippen molar-refractivity contribution in [3.63, 3.8) is 0 Å². The Morgan fingerprint density at radius 1 is 1.14 bits per heavy atom. The Hall–Kier alpha value is -0.580. The maximum absolute atomic E-state index is 6.16. The van der Waals surface area contributed by atoms with E-state index in [1.807, 2.05) is 13.1 Å². The Bertz CT molecular complexity index is 580. The molecule has 21 heavy (non-hydrogen) atoms. The summed E-state index contributed by atoms with van der Waals surface area (Å²) < 4.78 is 1.23. The van der Waals surface area contributed by atoms with Gasteiger partial charge in [-0.15, -0.1) is 0 Å². The number of unbranched alkanes of at least 4 members (excludes halogenated alkanes) is 1. The Balaban J connectivity index is 2.26. The van der Waals surface area contributed by atoms with Crippen molar-refractivity contribution in [2.24, 2.45) is 0 Å². The van der Waals surface area contributed by atoms with Gasteiger partial charge in [0.2, 0.25) is 0 Å². The van der Waals surface area contributed by atoms with E-state index in [0.29, 0.717) is 0 Å². The van der Waals surface area contributed by atoms with Gasteiger partial charge in [0.25, 0.3) is 0 Å². The minimum Gasteiger partial charge on any atom is -0.309 e. The molecule has 0 saturated carbocycles. The highest BCUT2D eigenvalue weighted by atomic mass is 127. The molecule has 0 aromatic heterocycles. The first-order chi connectivity index (χ1) is 10.2. The van der Waals surface area contributed by atoms with E-state index in [1.165, 1.54) is 33.1 Å². The van der Waals surface area contributed by atoms with Gasteiger partial charge >= 0.3 is 0 Å². The lowest BCUT2D eigenvalue weighted by Gasteiger charge is -2.19. The number of benzene rings is 2. The van der Waals surface area contributed by atoms with Crippen LogP contribution in [0.4, 0.5) is 0 Å². The minimum absolute atomic E-state index is 0.177. The number of aryl methyl sites for hydroxylation is 1. The maximum atomic E-state index is 6.16. The molecule has 0 aliphatic carbocycles. The topological polar surface area (TPSA) is 12.0 Å². The lowest BCUT2D eigenvalue weighted by atomic mass is 9.97. The average molecular weight is 414 g/mol. The Kier molecular flexibility index (Phi) is 6.52. The molecular weight excluding hydrogens is 393 g/mol. The van der Waals surface area contributed by atoms with Gasteiger partial charge in [-0.3, -0.25) is 0 Å². The molecule has 2 aromatic rings. The van der Waals surface area contributed by atoms with Crippen molar-refractivity contribution >= 4 is 34.2 Å². The standard InChI is InChI=1S/C18H21ClIN/c1-3-4-5-13-6-8-14(9-7-13)18(21-2)16-12-15(19)10-11-17(16)20/h6-12,18,21H,3-5H2,1-2H3. The fraction of sp³-hybridized carbons (Fsp3) is 0.333. The van der Waals surface area contributed by atoms with Crippen LogP contribution < -0.4 is 5.32 Å². The highest BCUT2D eigenvalue weighted by molar-refractivity contribution is 14.1. The summed E-state index contributed by atoms with van der Waals surface area (Å²) >= 11 is 8.53. The number of hydrogen-bond donors (Lipinski definition) is 1. The van der Waals surface area contributed by atoms with Gasteiger partial charge in [-0.25, -0.2) is 0 Å². The van der Waals surface area contributed by atoms with Crippen molar-refractivity contribution in [3.8, 4) is 0 Å². The van der Waals surface area contributed by atoms with Crippen LogP contribution in [-0.2, 0) is 6.42 Å². The average Bonchev–Trinajstić information content (AvgIpc) is 2.50. The quantitative estimate of drug-likeness (QED) is 0.608. The molecule has 1 atom stereocenters. The number of nitrogens with one attached hydrogen (secondary N) is 1. The molecule has 1 N–H and O–H groups in total. The predicted octanol–water partition coefficient (Wildman–Crippen LogP) is 5.60. The molecule has 0 aliphatic heterocycles. The van der Waals surface area contributed by atoms with Gasteiger partial charge < -0.3 is 5.32 Å². The van der Waals surface area contributed by atoms with Gasteiger partial charge in [-0.2, -0.15) is 0 Å². The zero-order chi connectivity index (χ0) is 15.2. The highest BCUT2D eigenvalue weighted by Gasteiger charge is 2.15. The highest BCUT2D eigenvalue weighted by Crippen LogP contribution is 2.28. The molecule has 3 heteroatoms. The normalized spacial score (nSPS) is 12.4. The van der Waals surface area contributed by atoms with Crippen molar-refractivity contribution in [2.45, 2.75) is 32.2 Å². The molecule has 0 heterocycles. The summed E-state index contributed by atoms with van der Waals surface area (Å²) in [5.41, 5.74) is 3.92. The largest absolute Gasteiger partial charge is 0.309 e. The molecule has 2 rings (SSSR count). The van der Waals surface area contributed by atoms with Crippen molar-refractivity contribution in [2.75, 3.05) is 7.05 Å². The van der Waals surface area contributed by atoms with Crippen LogP contribution in [0.3, 0.4) is 0 Å². The lowest BCUT2D eigenvalue weighted by Crippen LogP contribution is -2.18. The molecule has 1 nitrogen and oxygen atoms in total. The van der Waals surface area contributed by atoms with Crippen LogP contribution in [0.2, 0.25) is 5.02 Å². The van der Waals surface area contributed by atoms with Crippen molar-refractivity contribution in [3.05, 3.63) is 67.7 Å². The fourth-order valence-electron chi connectivity index (χ4n) is 2.50. The molecule has 0 saturated heterocycles. The third kappa shape index (κ3) is 4.44. The van der Waals surface area contributed by atoms with Crippen molar-refractivity contribution in [1.29, 1.82) is 0 Å². The second kappa shape index (κ2) is 8.16. The van der Waals surface area contributed by atoms with Crippen LogP contribution in [0, 0.1) is 3.57 Å². The van der Waals surface area contributed by atoms with Gasteiger partial charge in [0.15, 0.2) is 0 Å². The van der Waals surface area contributed by atoms with E-state index < -0.39 is 0 Å². The van der Waals surface area contributed by atoms with Gasteiger partial charge in [-0.05, 0) is 77.4 Å². The first-order valence-electron chi connectivity index (χ1n) is 7.36. The molecule has 112 valence electrons. The van der Waals surface area contributed by atoms with E-state index in [4.69, 9.17) is 11.6 Å². The minimum atomic E-state index is 0.177. The van der Waals surface area contributed by atoms with Crippen LogP contribution >= 0.6 is 34.2 Å².